The molecule has 1 aromatic rings. The number of rotatable bonds is 4. The maximum absolute atomic E-state index is 13.6. The van der Waals surface area contributed by atoms with Gasteiger partial charge in [0.2, 0.25) is 0 Å². The maximum Gasteiger partial charge on any atom is 0.143 e. The Morgan fingerprint density at radius 3 is 2.56 bits per heavy atom. The lowest BCUT2D eigenvalue weighted by atomic mass is 9.92. The van der Waals surface area contributed by atoms with Crippen LogP contribution < -0.4 is 0 Å². The van der Waals surface area contributed by atoms with Crippen molar-refractivity contribution in [2.24, 2.45) is 0 Å². The van der Waals surface area contributed by atoms with Gasteiger partial charge >= 0.3 is 0 Å². The molecule has 0 spiro atoms. The van der Waals surface area contributed by atoms with E-state index in [4.69, 9.17) is 0 Å². The third-order valence-corrected chi connectivity index (χ3v) is 3.10. The van der Waals surface area contributed by atoms with Gasteiger partial charge in [-0.25, -0.2) is 8.78 Å². The van der Waals surface area contributed by atoms with Crippen LogP contribution in [0.5, 0.6) is 0 Å². The summed E-state index contributed by atoms with van der Waals surface area (Å²) in [5.41, 5.74) is -1.13. The summed E-state index contributed by atoms with van der Waals surface area (Å²) in [7, 11) is 0. The van der Waals surface area contributed by atoms with Crippen LogP contribution in [0, 0.1) is 11.6 Å². The van der Waals surface area contributed by atoms with E-state index in [9.17, 15) is 13.9 Å². The smallest absolute Gasteiger partial charge is 0.143 e. The lowest BCUT2D eigenvalue weighted by Crippen LogP contribution is -2.28. The second-order valence-electron chi connectivity index (χ2n) is 4.25. The standard InChI is InChI=1S/C12H15BrF2O/c1-3-6-12(2,16)7-8-10(14)5-4-9(13)11(8)15/h4-5,16H,3,6-7H2,1-2H3. The van der Waals surface area contributed by atoms with Gasteiger partial charge in [0.1, 0.15) is 11.6 Å². The Morgan fingerprint density at radius 2 is 2.00 bits per heavy atom. The Labute approximate surface area is 103 Å². The highest BCUT2D eigenvalue weighted by atomic mass is 79.9. The predicted octanol–water partition coefficient (Wildman–Crippen LogP) is 3.82. The molecule has 90 valence electrons. The molecule has 0 amide bonds. The summed E-state index contributed by atoms with van der Waals surface area (Å²) in [6, 6.07) is 2.52. The minimum absolute atomic E-state index is 0.0159. The van der Waals surface area contributed by atoms with Gasteiger partial charge in [-0.15, -0.1) is 0 Å². The third-order valence-electron chi connectivity index (χ3n) is 2.49. The molecule has 1 N–H and O–H groups in total. The van der Waals surface area contributed by atoms with Crippen molar-refractivity contribution < 1.29 is 13.9 Å². The molecule has 0 bridgehead atoms. The van der Waals surface area contributed by atoms with Gasteiger partial charge in [0.05, 0.1) is 10.1 Å². The first-order chi connectivity index (χ1) is 7.37. The molecule has 1 unspecified atom stereocenters. The average molecular weight is 293 g/mol. The summed E-state index contributed by atoms with van der Waals surface area (Å²) in [5, 5.41) is 9.96. The highest BCUT2D eigenvalue weighted by Crippen LogP contribution is 2.26. The molecule has 0 heterocycles. The Balaban J connectivity index is 3.01. The Kier molecular flexibility index (Phi) is 4.44. The number of benzene rings is 1. The molecular weight excluding hydrogens is 278 g/mol. The molecule has 1 atom stereocenters. The summed E-state index contributed by atoms with van der Waals surface area (Å²) >= 11 is 3.00. The molecule has 0 aliphatic rings. The van der Waals surface area contributed by atoms with Crippen LogP contribution in [0.15, 0.2) is 16.6 Å². The van der Waals surface area contributed by atoms with E-state index in [1.807, 2.05) is 6.92 Å². The normalized spacial score (nSPS) is 14.9. The quantitative estimate of drug-likeness (QED) is 0.837. The molecule has 0 saturated heterocycles. The molecule has 0 aliphatic heterocycles. The molecule has 0 aromatic heterocycles. The zero-order valence-corrected chi connectivity index (χ0v) is 10.9. The first-order valence-electron chi connectivity index (χ1n) is 5.22. The van der Waals surface area contributed by atoms with E-state index in [0.717, 1.165) is 6.42 Å². The Hall–Kier alpha value is -0.480. The molecule has 0 radical (unpaired) electrons. The number of hydrogen-bond acceptors (Lipinski definition) is 1. The van der Waals surface area contributed by atoms with Crippen molar-refractivity contribution in [2.75, 3.05) is 0 Å². The minimum atomic E-state index is -1.07. The average Bonchev–Trinajstić information content (AvgIpc) is 2.19. The largest absolute Gasteiger partial charge is 0.390 e. The predicted molar refractivity (Wildman–Crippen MR) is 63.3 cm³/mol. The van der Waals surface area contributed by atoms with Crippen LogP contribution in [0.25, 0.3) is 0 Å². The number of halogens is 3. The fraction of sp³-hybridized carbons (Fsp3) is 0.500. The summed E-state index contributed by atoms with van der Waals surface area (Å²) in [6.45, 7) is 3.51. The van der Waals surface area contributed by atoms with Crippen molar-refractivity contribution >= 4 is 15.9 Å². The molecule has 1 rings (SSSR count). The first kappa shape index (κ1) is 13.6. The molecular formula is C12H15BrF2O. The molecule has 4 heteroatoms. The molecule has 1 nitrogen and oxygen atoms in total. The molecule has 0 fully saturated rings. The summed E-state index contributed by atoms with van der Waals surface area (Å²) in [6.07, 6.45) is 1.26. The molecule has 0 aliphatic carbocycles. The van der Waals surface area contributed by atoms with Gasteiger partial charge in [0.15, 0.2) is 0 Å². The zero-order chi connectivity index (χ0) is 12.3. The third kappa shape index (κ3) is 3.25. The Morgan fingerprint density at radius 1 is 1.38 bits per heavy atom. The van der Waals surface area contributed by atoms with E-state index in [2.05, 4.69) is 15.9 Å². The maximum atomic E-state index is 13.6. The van der Waals surface area contributed by atoms with Gasteiger partial charge in [0, 0.05) is 12.0 Å². The van der Waals surface area contributed by atoms with E-state index in [0.29, 0.717) is 6.42 Å². The van der Waals surface area contributed by atoms with Crippen LogP contribution in [0.4, 0.5) is 8.78 Å². The zero-order valence-electron chi connectivity index (χ0n) is 9.36. The summed E-state index contributed by atoms with van der Waals surface area (Å²) in [4.78, 5) is 0. The van der Waals surface area contributed by atoms with E-state index in [1.165, 1.54) is 12.1 Å². The van der Waals surface area contributed by atoms with Crippen LogP contribution in [-0.2, 0) is 6.42 Å². The molecule has 16 heavy (non-hydrogen) atoms. The topological polar surface area (TPSA) is 20.2 Å². The van der Waals surface area contributed by atoms with Crippen molar-refractivity contribution in [2.45, 2.75) is 38.7 Å². The Bertz CT molecular complexity index is 378. The van der Waals surface area contributed by atoms with Crippen molar-refractivity contribution in [3.05, 3.63) is 33.8 Å². The van der Waals surface area contributed by atoms with Gasteiger partial charge in [-0.05, 0) is 41.4 Å². The van der Waals surface area contributed by atoms with Gasteiger partial charge in [-0.3, -0.25) is 0 Å². The van der Waals surface area contributed by atoms with Crippen molar-refractivity contribution in [3.63, 3.8) is 0 Å². The lowest BCUT2D eigenvalue weighted by molar-refractivity contribution is 0.0487. The van der Waals surface area contributed by atoms with E-state index >= 15 is 0 Å². The van der Waals surface area contributed by atoms with Crippen molar-refractivity contribution in [3.8, 4) is 0 Å². The van der Waals surface area contributed by atoms with Crippen LogP contribution in [0.2, 0.25) is 0 Å². The highest BCUT2D eigenvalue weighted by molar-refractivity contribution is 9.10. The SMILES string of the molecule is CCCC(C)(O)Cc1c(F)ccc(Br)c1F. The monoisotopic (exact) mass is 292 g/mol. The van der Waals surface area contributed by atoms with Gasteiger partial charge < -0.3 is 5.11 Å². The van der Waals surface area contributed by atoms with E-state index < -0.39 is 17.2 Å². The minimum Gasteiger partial charge on any atom is -0.390 e. The molecule has 0 saturated carbocycles. The van der Waals surface area contributed by atoms with Gasteiger partial charge in [0.25, 0.3) is 0 Å². The molecule has 1 aromatic carbocycles. The number of hydrogen-bond donors (Lipinski definition) is 1. The number of aliphatic hydroxyl groups is 1. The van der Waals surface area contributed by atoms with Crippen LogP contribution in [0.3, 0.4) is 0 Å². The lowest BCUT2D eigenvalue weighted by Gasteiger charge is -2.23. The second-order valence-corrected chi connectivity index (χ2v) is 5.10. The van der Waals surface area contributed by atoms with Crippen LogP contribution >= 0.6 is 15.9 Å². The first-order valence-corrected chi connectivity index (χ1v) is 6.01. The summed E-state index contributed by atoms with van der Waals surface area (Å²) in [5.74, 6) is -1.24. The van der Waals surface area contributed by atoms with Gasteiger partial charge in [-0.1, -0.05) is 13.3 Å². The van der Waals surface area contributed by atoms with Crippen molar-refractivity contribution in [1.82, 2.24) is 0 Å². The highest BCUT2D eigenvalue weighted by Gasteiger charge is 2.24. The fourth-order valence-electron chi connectivity index (χ4n) is 1.74. The van der Waals surface area contributed by atoms with Gasteiger partial charge in [-0.2, -0.15) is 0 Å². The van der Waals surface area contributed by atoms with Crippen molar-refractivity contribution in [1.29, 1.82) is 0 Å². The summed E-state index contributed by atoms with van der Waals surface area (Å²) < 4.78 is 27.3. The van der Waals surface area contributed by atoms with Crippen LogP contribution in [-0.4, -0.2) is 10.7 Å². The van der Waals surface area contributed by atoms with E-state index in [-0.39, 0.29) is 16.5 Å². The van der Waals surface area contributed by atoms with E-state index in [1.54, 1.807) is 6.92 Å². The van der Waals surface area contributed by atoms with Crippen LogP contribution in [0.1, 0.15) is 32.3 Å². The second kappa shape index (κ2) is 5.23. The fourth-order valence-corrected chi connectivity index (χ4v) is 2.11.